The summed E-state index contributed by atoms with van der Waals surface area (Å²) in [6.45, 7) is 6.03. The zero-order chi connectivity index (χ0) is 13.1. The first-order chi connectivity index (χ1) is 8.67. The Morgan fingerprint density at radius 2 is 2.17 bits per heavy atom. The summed E-state index contributed by atoms with van der Waals surface area (Å²) in [5.74, 6) is -0.900. The molecule has 0 unspecified atom stereocenters. The average Bonchev–Trinajstić information content (AvgIpc) is 2.73. The van der Waals surface area contributed by atoms with Crippen molar-refractivity contribution in [3.05, 3.63) is 35.5 Å². The lowest BCUT2D eigenvalue weighted by molar-refractivity contribution is 0.0697. The minimum Gasteiger partial charge on any atom is -0.478 e. The molecule has 2 aromatic rings. The molecule has 0 atom stereocenters. The molecule has 18 heavy (non-hydrogen) atoms. The lowest BCUT2D eigenvalue weighted by Crippen LogP contribution is -1.96. The summed E-state index contributed by atoms with van der Waals surface area (Å²) in [7, 11) is 0. The molecular formula is C14H17NO3. The van der Waals surface area contributed by atoms with E-state index in [0.29, 0.717) is 18.8 Å². The Hall–Kier alpha value is -1.81. The van der Waals surface area contributed by atoms with Gasteiger partial charge in [0.15, 0.2) is 0 Å². The minimum absolute atomic E-state index is 0.314. The van der Waals surface area contributed by atoms with Crippen molar-refractivity contribution in [2.24, 2.45) is 0 Å². The third-order valence-electron chi connectivity index (χ3n) is 3.01. The number of carboxylic acid groups (broad SMARTS) is 1. The fraction of sp³-hybridized carbons (Fsp3) is 0.357. The van der Waals surface area contributed by atoms with Crippen LogP contribution in [0.3, 0.4) is 0 Å². The Labute approximate surface area is 106 Å². The Morgan fingerprint density at radius 3 is 2.78 bits per heavy atom. The van der Waals surface area contributed by atoms with E-state index in [1.165, 1.54) is 0 Å². The summed E-state index contributed by atoms with van der Waals surface area (Å²) >= 11 is 0. The lowest BCUT2D eigenvalue weighted by Gasteiger charge is -2.01. The number of nitrogens with zero attached hydrogens (tertiary/aromatic N) is 1. The van der Waals surface area contributed by atoms with Crippen LogP contribution in [0.2, 0.25) is 0 Å². The van der Waals surface area contributed by atoms with Crippen molar-refractivity contribution in [2.75, 3.05) is 6.61 Å². The van der Waals surface area contributed by atoms with Crippen molar-refractivity contribution in [3.63, 3.8) is 0 Å². The molecule has 0 saturated heterocycles. The number of fused-ring (bicyclic) bond motifs is 1. The molecule has 0 fully saturated rings. The summed E-state index contributed by atoms with van der Waals surface area (Å²) in [5.41, 5.74) is 2.41. The van der Waals surface area contributed by atoms with Crippen LogP contribution in [0.5, 0.6) is 0 Å². The first-order valence-corrected chi connectivity index (χ1v) is 6.10. The number of aromatic nitrogens is 1. The van der Waals surface area contributed by atoms with Crippen LogP contribution in [0.4, 0.5) is 0 Å². The van der Waals surface area contributed by atoms with Gasteiger partial charge in [-0.1, -0.05) is 0 Å². The summed E-state index contributed by atoms with van der Waals surface area (Å²) in [4.78, 5) is 11.0. The van der Waals surface area contributed by atoms with Gasteiger partial charge in [-0.15, -0.1) is 0 Å². The molecule has 96 valence electrons. The number of rotatable bonds is 5. The molecule has 2 rings (SSSR count). The van der Waals surface area contributed by atoms with Gasteiger partial charge in [0, 0.05) is 35.8 Å². The van der Waals surface area contributed by atoms with Gasteiger partial charge in [-0.25, -0.2) is 4.79 Å². The predicted octanol–water partition coefficient (Wildman–Crippen LogP) is 2.90. The number of benzene rings is 1. The molecule has 1 aromatic heterocycles. The standard InChI is InChI=1S/C14H17NO3/c1-3-15-8-11(9-18-4-2)12-7-10(14(16)17)5-6-13(12)15/h5-8H,3-4,9H2,1-2H3,(H,16,17). The number of carbonyl (C=O) groups is 1. The molecular weight excluding hydrogens is 230 g/mol. The van der Waals surface area contributed by atoms with Crippen molar-refractivity contribution in [1.29, 1.82) is 0 Å². The number of aryl methyl sites for hydroxylation is 1. The first kappa shape index (κ1) is 12.6. The van der Waals surface area contributed by atoms with Crippen molar-refractivity contribution in [2.45, 2.75) is 27.0 Å². The number of aromatic carboxylic acids is 1. The quantitative estimate of drug-likeness (QED) is 0.883. The highest BCUT2D eigenvalue weighted by Gasteiger charge is 2.11. The van der Waals surface area contributed by atoms with Crippen LogP contribution >= 0.6 is 0 Å². The summed E-state index contributed by atoms with van der Waals surface area (Å²) in [6.07, 6.45) is 2.03. The van der Waals surface area contributed by atoms with Crippen molar-refractivity contribution in [1.82, 2.24) is 4.57 Å². The molecule has 1 heterocycles. The van der Waals surface area contributed by atoms with E-state index in [0.717, 1.165) is 23.0 Å². The van der Waals surface area contributed by atoms with E-state index in [4.69, 9.17) is 9.84 Å². The third-order valence-corrected chi connectivity index (χ3v) is 3.01. The number of carboxylic acids is 1. The second-order valence-corrected chi connectivity index (χ2v) is 4.11. The monoisotopic (exact) mass is 247 g/mol. The molecule has 1 N–H and O–H groups in total. The molecule has 0 amide bonds. The molecule has 4 heteroatoms. The topological polar surface area (TPSA) is 51.5 Å². The normalized spacial score (nSPS) is 11.0. The number of ether oxygens (including phenoxy) is 1. The van der Waals surface area contributed by atoms with Crippen LogP contribution in [0.15, 0.2) is 24.4 Å². The highest BCUT2D eigenvalue weighted by Crippen LogP contribution is 2.23. The van der Waals surface area contributed by atoms with Gasteiger partial charge in [0.1, 0.15) is 0 Å². The number of hydrogen-bond donors (Lipinski definition) is 1. The van der Waals surface area contributed by atoms with Crippen molar-refractivity contribution < 1.29 is 14.6 Å². The van der Waals surface area contributed by atoms with E-state index >= 15 is 0 Å². The van der Waals surface area contributed by atoms with Crippen LogP contribution in [-0.4, -0.2) is 22.2 Å². The molecule has 1 aromatic carbocycles. The third kappa shape index (κ3) is 2.24. The SMILES string of the molecule is CCOCc1cn(CC)c2ccc(C(=O)O)cc12. The Morgan fingerprint density at radius 1 is 1.39 bits per heavy atom. The maximum Gasteiger partial charge on any atom is 0.335 e. The highest BCUT2D eigenvalue weighted by molar-refractivity contribution is 5.94. The second-order valence-electron chi connectivity index (χ2n) is 4.11. The molecule has 0 bridgehead atoms. The minimum atomic E-state index is -0.900. The Balaban J connectivity index is 2.54. The maximum atomic E-state index is 11.0. The van der Waals surface area contributed by atoms with Gasteiger partial charge in [-0.2, -0.15) is 0 Å². The largest absolute Gasteiger partial charge is 0.478 e. The highest BCUT2D eigenvalue weighted by atomic mass is 16.5. The fourth-order valence-electron chi connectivity index (χ4n) is 2.09. The summed E-state index contributed by atoms with van der Waals surface area (Å²) < 4.78 is 7.53. The molecule has 0 aliphatic heterocycles. The molecule has 0 spiro atoms. The zero-order valence-electron chi connectivity index (χ0n) is 10.6. The van der Waals surface area contributed by atoms with Crippen LogP contribution in [-0.2, 0) is 17.9 Å². The summed E-state index contributed by atoms with van der Waals surface area (Å²) in [6, 6.07) is 5.22. The van der Waals surface area contributed by atoms with E-state index in [1.54, 1.807) is 12.1 Å². The molecule has 4 nitrogen and oxygen atoms in total. The van der Waals surface area contributed by atoms with Gasteiger partial charge in [0.05, 0.1) is 12.2 Å². The van der Waals surface area contributed by atoms with Crippen LogP contribution in [0.25, 0.3) is 10.9 Å². The lowest BCUT2D eigenvalue weighted by atomic mass is 10.1. The van der Waals surface area contributed by atoms with Gasteiger partial charge in [0.2, 0.25) is 0 Å². The van der Waals surface area contributed by atoms with E-state index in [1.807, 2.05) is 19.2 Å². The predicted molar refractivity (Wildman–Crippen MR) is 69.9 cm³/mol. The average molecular weight is 247 g/mol. The van der Waals surface area contributed by atoms with Crippen LogP contribution in [0.1, 0.15) is 29.8 Å². The van der Waals surface area contributed by atoms with Gasteiger partial charge in [-0.3, -0.25) is 0 Å². The first-order valence-electron chi connectivity index (χ1n) is 6.10. The van der Waals surface area contributed by atoms with Gasteiger partial charge < -0.3 is 14.4 Å². The molecule has 0 radical (unpaired) electrons. The maximum absolute atomic E-state index is 11.0. The fourth-order valence-corrected chi connectivity index (χ4v) is 2.09. The summed E-state index contributed by atoms with van der Waals surface area (Å²) in [5, 5.41) is 10.0. The second kappa shape index (κ2) is 5.23. The Kier molecular flexibility index (Phi) is 3.67. The molecule has 0 saturated carbocycles. The number of hydrogen-bond acceptors (Lipinski definition) is 2. The van der Waals surface area contributed by atoms with Crippen molar-refractivity contribution in [3.8, 4) is 0 Å². The molecule has 0 aliphatic rings. The van der Waals surface area contributed by atoms with E-state index in [-0.39, 0.29) is 0 Å². The van der Waals surface area contributed by atoms with E-state index in [9.17, 15) is 4.79 Å². The van der Waals surface area contributed by atoms with Gasteiger partial charge in [0.25, 0.3) is 0 Å². The van der Waals surface area contributed by atoms with Gasteiger partial charge in [-0.05, 0) is 32.0 Å². The Bertz CT molecular complexity index is 572. The van der Waals surface area contributed by atoms with Gasteiger partial charge >= 0.3 is 5.97 Å². The smallest absolute Gasteiger partial charge is 0.335 e. The molecule has 0 aliphatic carbocycles. The zero-order valence-corrected chi connectivity index (χ0v) is 10.6. The van der Waals surface area contributed by atoms with E-state index < -0.39 is 5.97 Å². The van der Waals surface area contributed by atoms with Crippen LogP contribution < -0.4 is 0 Å². The van der Waals surface area contributed by atoms with Crippen LogP contribution in [0, 0.1) is 0 Å². The van der Waals surface area contributed by atoms with Crippen molar-refractivity contribution >= 4 is 16.9 Å². The van der Waals surface area contributed by atoms with E-state index in [2.05, 4.69) is 11.5 Å².